The zero-order valence-corrected chi connectivity index (χ0v) is 11.5. The molecule has 0 aromatic carbocycles. The fraction of sp³-hybridized carbons (Fsp3) is 0.769. The van der Waals surface area contributed by atoms with Crippen LogP contribution in [0.2, 0.25) is 0 Å². The van der Waals surface area contributed by atoms with Gasteiger partial charge in [-0.05, 0) is 38.7 Å². The van der Waals surface area contributed by atoms with E-state index >= 15 is 0 Å². The maximum atomic E-state index is 11.4. The first-order valence-electron chi connectivity index (χ1n) is 6.01. The van der Waals surface area contributed by atoms with Crippen LogP contribution >= 0.6 is 0 Å². The van der Waals surface area contributed by atoms with Gasteiger partial charge in [0.1, 0.15) is 5.60 Å². The van der Waals surface area contributed by atoms with Crippen molar-refractivity contribution >= 4 is 6.09 Å². The van der Waals surface area contributed by atoms with Gasteiger partial charge in [-0.3, -0.25) is 0 Å². The number of amides is 1. The van der Waals surface area contributed by atoms with Crippen LogP contribution in [0.4, 0.5) is 4.79 Å². The van der Waals surface area contributed by atoms with E-state index in [1.54, 1.807) is 20.8 Å². The molecule has 0 saturated heterocycles. The molecule has 0 aliphatic heterocycles. The number of carbonyl (C=O) groups is 1. The van der Waals surface area contributed by atoms with Gasteiger partial charge in [0.25, 0.3) is 0 Å². The van der Waals surface area contributed by atoms with Gasteiger partial charge in [0.2, 0.25) is 0 Å². The normalized spacial score (nSPS) is 14.9. The first kappa shape index (κ1) is 16.0. The summed E-state index contributed by atoms with van der Waals surface area (Å²) in [6.45, 7) is 13.4. The highest BCUT2D eigenvalue weighted by Crippen LogP contribution is 2.15. The first-order valence-corrected chi connectivity index (χ1v) is 6.01. The summed E-state index contributed by atoms with van der Waals surface area (Å²) >= 11 is 0. The maximum absolute atomic E-state index is 11.4. The van der Waals surface area contributed by atoms with E-state index in [2.05, 4.69) is 11.9 Å². The Bertz CT molecular complexity index is 268. The van der Waals surface area contributed by atoms with Crippen LogP contribution in [0, 0.1) is 5.92 Å². The van der Waals surface area contributed by atoms with Crippen molar-refractivity contribution in [2.24, 2.45) is 5.92 Å². The highest BCUT2D eigenvalue weighted by Gasteiger charge is 2.18. The lowest BCUT2D eigenvalue weighted by molar-refractivity contribution is 0.0500. The van der Waals surface area contributed by atoms with Gasteiger partial charge in [-0.2, -0.15) is 0 Å². The molecule has 0 fully saturated rings. The second-order valence-corrected chi connectivity index (χ2v) is 5.28. The molecule has 0 aromatic rings. The van der Waals surface area contributed by atoms with Crippen molar-refractivity contribution < 1.29 is 14.6 Å². The van der Waals surface area contributed by atoms with Gasteiger partial charge >= 0.3 is 6.09 Å². The monoisotopic (exact) mass is 243 g/mol. The lowest BCUT2D eigenvalue weighted by Crippen LogP contribution is -2.38. The van der Waals surface area contributed by atoms with Crippen LogP contribution in [0.3, 0.4) is 0 Å². The fourth-order valence-electron chi connectivity index (χ4n) is 1.22. The molecule has 17 heavy (non-hydrogen) atoms. The zero-order valence-electron chi connectivity index (χ0n) is 11.5. The Morgan fingerprint density at radius 2 is 2.00 bits per heavy atom. The summed E-state index contributed by atoms with van der Waals surface area (Å²) in [4.78, 5) is 11.4. The standard InChI is InChI=1S/C13H25NO3/c1-7-9(2)10(3)11(15)8-14-12(16)17-13(4,5)6/h9,11,15H,3,7-8H2,1-2,4-6H3,(H,14,16). The quantitative estimate of drug-likeness (QED) is 0.729. The fourth-order valence-corrected chi connectivity index (χ4v) is 1.22. The summed E-state index contributed by atoms with van der Waals surface area (Å²) in [5.74, 6) is 0.241. The van der Waals surface area contributed by atoms with Gasteiger partial charge < -0.3 is 15.2 Å². The number of alkyl carbamates (subject to hydrolysis) is 1. The van der Waals surface area contributed by atoms with Crippen molar-refractivity contribution in [2.75, 3.05) is 6.54 Å². The van der Waals surface area contributed by atoms with Gasteiger partial charge in [0, 0.05) is 0 Å². The van der Waals surface area contributed by atoms with Gasteiger partial charge in [0.15, 0.2) is 0 Å². The Hall–Kier alpha value is -1.03. The molecule has 2 N–H and O–H groups in total. The van der Waals surface area contributed by atoms with Crippen molar-refractivity contribution in [1.82, 2.24) is 5.32 Å². The third kappa shape index (κ3) is 7.00. The van der Waals surface area contributed by atoms with E-state index in [1.165, 1.54) is 0 Å². The molecular formula is C13H25NO3. The molecule has 0 aliphatic rings. The highest BCUT2D eigenvalue weighted by atomic mass is 16.6. The van der Waals surface area contributed by atoms with E-state index in [4.69, 9.17) is 4.74 Å². The van der Waals surface area contributed by atoms with Crippen LogP contribution in [0.1, 0.15) is 41.0 Å². The molecule has 4 nitrogen and oxygen atoms in total. The smallest absolute Gasteiger partial charge is 0.407 e. The highest BCUT2D eigenvalue weighted by molar-refractivity contribution is 5.67. The van der Waals surface area contributed by atoms with Crippen molar-refractivity contribution in [1.29, 1.82) is 0 Å². The van der Waals surface area contributed by atoms with Crippen LogP contribution in [0.25, 0.3) is 0 Å². The molecule has 1 amide bonds. The number of hydrogen-bond donors (Lipinski definition) is 2. The molecule has 100 valence electrons. The van der Waals surface area contributed by atoms with E-state index < -0.39 is 17.8 Å². The lowest BCUT2D eigenvalue weighted by Gasteiger charge is -2.22. The summed E-state index contributed by atoms with van der Waals surface area (Å²) in [5, 5.41) is 12.3. The molecule has 4 heteroatoms. The topological polar surface area (TPSA) is 58.6 Å². The summed E-state index contributed by atoms with van der Waals surface area (Å²) in [7, 11) is 0. The minimum absolute atomic E-state index is 0.137. The van der Waals surface area contributed by atoms with Crippen LogP contribution in [-0.4, -0.2) is 29.4 Å². The predicted octanol–water partition coefficient (Wildman–Crippen LogP) is 2.47. The predicted molar refractivity (Wildman–Crippen MR) is 68.8 cm³/mol. The minimum Gasteiger partial charge on any atom is -0.444 e. The third-order valence-corrected chi connectivity index (χ3v) is 2.51. The van der Waals surface area contributed by atoms with Gasteiger partial charge in [-0.1, -0.05) is 20.4 Å². The molecular weight excluding hydrogens is 218 g/mol. The Balaban J connectivity index is 4.04. The Morgan fingerprint density at radius 1 is 1.47 bits per heavy atom. The summed E-state index contributed by atoms with van der Waals surface area (Å²) < 4.78 is 5.06. The molecule has 0 bridgehead atoms. The summed E-state index contributed by atoms with van der Waals surface area (Å²) in [6, 6.07) is 0. The Kier molecular flexibility index (Phi) is 6.24. The number of hydrogen-bond acceptors (Lipinski definition) is 3. The van der Waals surface area contributed by atoms with Crippen LogP contribution in [0.5, 0.6) is 0 Å². The van der Waals surface area contributed by atoms with Gasteiger partial charge in [-0.15, -0.1) is 0 Å². The molecule has 0 radical (unpaired) electrons. The molecule has 2 atom stereocenters. The zero-order chi connectivity index (χ0) is 13.6. The molecule has 0 aliphatic carbocycles. The average molecular weight is 243 g/mol. The minimum atomic E-state index is -0.725. The van der Waals surface area contributed by atoms with E-state index in [0.29, 0.717) is 0 Å². The Labute approximate surface area is 104 Å². The number of nitrogens with one attached hydrogen (secondary N) is 1. The van der Waals surface area contributed by atoms with Crippen molar-refractivity contribution in [3.8, 4) is 0 Å². The number of aliphatic hydroxyl groups excluding tert-OH is 1. The molecule has 2 unspecified atom stereocenters. The lowest BCUT2D eigenvalue weighted by atomic mass is 9.95. The third-order valence-electron chi connectivity index (χ3n) is 2.51. The van der Waals surface area contributed by atoms with Crippen LogP contribution in [0.15, 0.2) is 12.2 Å². The second-order valence-electron chi connectivity index (χ2n) is 5.28. The summed E-state index contributed by atoms with van der Waals surface area (Å²) in [5.41, 5.74) is 0.214. The van der Waals surface area contributed by atoms with E-state index in [9.17, 15) is 9.90 Å². The van der Waals surface area contributed by atoms with Crippen LogP contribution in [-0.2, 0) is 4.74 Å². The van der Waals surface area contributed by atoms with Gasteiger partial charge in [-0.25, -0.2) is 4.79 Å². The van der Waals surface area contributed by atoms with E-state index in [1.807, 2.05) is 13.8 Å². The molecule has 0 heterocycles. The second kappa shape index (κ2) is 6.64. The number of carbonyl (C=O) groups excluding carboxylic acids is 1. The SMILES string of the molecule is C=C(C(C)CC)C(O)CNC(=O)OC(C)(C)C. The largest absolute Gasteiger partial charge is 0.444 e. The van der Waals surface area contributed by atoms with Crippen molar-refractivity contribution in [3.05, 3.63) is 12.2 Å². The first-order chi connectivity index (χ1) is 7.67. The maximum Gasteiger partial charge on any atom is 0.407 e. The Morgan fingerprint density at radius 3 is 2.41 bits per heavy atom. The molecule has 0 saturated carbocycles. The van der Waals surface area contributed by atoms with Crippen LogP contribution < -0.4 is 5.32 Å². The number of aliphatic hydroxyl groups is 1. The van der Waals surface area contributed by atoms with Crippen molar-refractivity contribution in [2.45, 2.75) is 52.7 Å². The summed E-state index contributed by atoms with van der Waals surface area (Å²) in [6.07, 6.45) is -0.325. The average Bonchev–Trinajstić information content (AvgIpc) is 2.21. The van der Waals surface area contributed by atoms with Gasteiger partial charge in [0.05, 0.1) is 12.6 Å². The van der Waals surface area contributed by atoms with Crippen molar-refractivity contribution in [3.63, 3.8) is 0 Å². The van der Waals surface area contributed by atoms with E-state index in [-0.39, 0.29) is 12.5 Å². The molecule has 0 rings (SSSR count). The number of rotatable bonds is 5. The van der Waals surface area contributed by atoms with E-state index in [0.717, 1.165) is 12.0 Å². The molecule has 0 aromatic heterocycles. The molecule has 0 spiro atoms. The number of ether oxygens (including phenoxy) is 1.